The van der Waals surface area contributed by atoms with Crippen molar-refractivity contribution in [2.45, 2.75) is 26.2 Å². The number of hydrogen-bond donors (Lipinski definition) is 1. The van der Waals surface area contributed by atoms with E-state index in [1.807, 2.05) is 17.5 Å². The number of aromatic nitrogens is 1. The molecule has 3 nitrogen and oxygen atoms in total. The Labute approximate surface area is 123 Å². The SMILES string of the molecule is CC(C)(C)c1ccc(C=CC(=O)Nc2nccs2)cc1. The average Bonchev–Trinajstić information content (AvgIpc) is 2.88. The topological polar surface area (TPSA) is 42.0 Å². The number of anilines is 1. The van der Waals surface area contributed by atoms with Crippen molar-refractivity contribution in [3.8, 4) is 0 Å². The second-order valence-electron chi connectivity index (χ2n) is 5.53. The molecule has 1 aromatic heterocycles. The van der Waals surface area contributed by atoms with Gasteiger partial charge in [0.2, 0.25) is 5.91 Å². The van der Waals surface area contributed by atoms with Crippen molar-refractivity contribution < 1.29 is 4.79 Å². The molecule has 2 aromatic rings. The highest BCUT2D eigenvalue weighted by Crippen LogP contribution is 2.22. The summed E-state index contributed by atoms with van der Waals surface area (Å²) >= 11 is 1.40. The number of amides is 1. The van der Waals surface area contributed by atoms with Gasteiger partial charge in [0.1, 0.15) is 0 Å². The number of rotatable bonds is 3. The molecule has 2 rings (SSSR count). The Hall–Kier alpha value is -1.94. The van der Waals surface area contributed by atoms with Gasteiger partial charge in [-0.1, -0.05) is 45.0 Å². The van der Waals surface area contributed by atoms with Crippen molar-refractivity contribution in [3.05, 3.63) is 53.0 Å². The summed E-state index contributed by atoms with van der Waals surface area (Å²) in [6.45, 7) is 6.54. The molecule has 104 valence electrons. The van der Waals surface area contributed by atoms with Crippen molar-refractivity contribution in [2.24, 2.45) is 0 Å². The molecule has 0 unspecified atom stereocenters. The first-order chi connectivity index (χ1) is 9.45. The zero-order valence-corrected chi connectivity index (χ0v) is 12.7. The van der Waals surface area contributed by atoms with Crippen LogP contribution in [0.25, 0.3) is 6.08 Å². The molecule has 0 atom stereocenters. The molecule has 0 spiro atoms. The molecule has 0 bridgehead atoms. The largest absolute Gasteiger partial charge is 0.298 e. The predicted molar refractivity (Wildman–Crippen MR) is 84.9 cm³/mol. The van der Waals surface area contributed by atoms with Crippen molar-refractivity contribution in [1.82, 2.24) is 4.98 Å². The minimum Gasteiger partial charge on any atom is -0.298 e. The Morgan fingerprint density at radius 3 is 2.50 bits per heavy atom. The molecule has 0 saturated carbocycles. The quantitative estimate of drug-likeness (QED) is 0.863. The maximum Gasteiger partial charge on any atom is 0.250 e. The summed E-state index contributed by atoms with van der Waals surface area (Å²) < 4.78 is 0. The maximum absolute atomic E-state index is 11.7. The molecular weight excluding hydrogens is 268 g/mol. The number of benzene rings is 1. The summed E-state index contributed by atoms with van der Waals surface area (Å²) in [5.41, 5.74) is 2.43. The lowest BCUT2D eigenvalue weighted by Crippen LogP contribution is -2.10. The molecule has 1 heterocycles. The van der Waals surface area contributed by atoms with Crippen molar-refractivity contribution in [3.63, 3.8) is 0 Å². The van der Waals surface area contributed by atoms with Crippen LogP contribution in [-0.4, -0.2) is 10.9 Å². The zero-order valence-electron chi connectivity index (χ0n) is 11.9. The Balaban J connectivity index is 1.99. The van der Waals surface area contributed by atoms with Crippen LogP contribution in [-0.2, 0) is 10.2 Å². The number of nitrogens with zero attached hydrogens (tertiary/aromatic N) is 1. The van der Waals surface area contributed by atoms with E-state index in [0.717, 1.165) is 5.56 Å². The second kappa shape index (κ2) is 6.01. The Morgan fingerprint density at radius 2 is 1.95 bits per heavy atom. The van der Waals surface area contributed by atoms with Crippen molar-refractivity contribution in [2.75, 3.05) is 5.32 Å². The van der Waals surface area contributed by atoms with Gasteiger partial charge in [0, 0.05) is 17.7 Å². The van der Waals surface area contributed by atoms with E-state index >= 15 is 0 Å². The lowest BCUT2D eigenvalue weighted by molar-refractivity contribution is -0.111. The van der Waals surface area contributed by atoms with E-state index in [-0.39, 0.29) is 11.3 Å². The third kappa shape index (κ3) is 4.03. The zero-order chi connectivity index (χ0) is 14.6. The molecule has 0 aliphatic rings. The summed E-state index contributed by atoms with van der Waals surface area (Å²) in [7, 11) is 0. The van der Waals surface area contributed by atoms with Gasteiger partial charge in [0.25, 0.3) is 0 Å². The van der Waals surface area contributed by atoms with Crippen LogP contribution in [0.15, 0.2) is 41.9 Å². The highest BCUT2D eigenvalue weighted by molar-refractivity contribution is 7.13. The second-order valence-corrected chi connectivity index (χ2v) is 6.43. The lowest BCUT2D eigenvalue weighted by Gasteiger charge is -2.18. The number of carbonyl (C=O) groups is 1. The van der Waals surface area contributed by atoms with E-state index in [0.29, 0.717) is 5.13 Å². The standard InChI is InChI=1S/C16H18N2OS/c1-16(2,3)13-7-4-12(5-8-13)6-9-14(19)18-15-17-10-11-20-15/h4-11H,1-3H3,(H,17,18,19). The first kappa shape index (κ1) is 14.5. The van der Waals surface area contributed by atoms with Crippen LogP contribution in [0.2, 0.25) is 0 Å². The number of nitrogens with one attached hydrogen (secondary N) is 1. The van der Waals surface area contributed by atoms with Gasteiger partial charge < -0.3 is 0 Å². The number of carbonyl (C=O) groups excluding carboxylic acids is 1. The molecular formula is C16H18N2OS. The Kier molecular flexibility index (Phi) is 4.35. The minimum atomic E-state index is -0.167. The van der Waals surface area contributed by atoms with Gasteiger partial charge in [0.05, 0.1) is 0 Å². The molecule has 1 amide bonds. The molecule has 0 aliphatic heterocycles. The summed E-state index contributed by atoms with van der Waals surface area (Å²) in [5.74, 6) is -0.167. The minimum absolute atomic E-state index is 0.143. The van der Waals surface area contributed by atoms with Crippen LogP contribution in [0.4, 0.5) is 5.13 Å². The fourth-order valence-electron chi connectivity index (χ4n) is 1.70. The summed E-state index contributed by atoms with van der Waals surface area (Å²) in [6, 6.07) is 8.23. The smallest absolute Gasteiger partial charge is 0.250 e. The highest BCUT2D eigenvalue weighted by Gasteiger charge is 2.12. The Bertz CT molecular complexity index is 592. The van der Waals surface area contributed by atoms with Gasteiger partial charge in [-0.05, 0) is 22.6 Å². The van der Waals surface area contributed by atoms with Gasteiger partial charge >= 0.3 is 0 Å². The van der Waals surface area contributed by atoms with Gasteiger partial charge in [-0.3, -0.25) is 10.1 Å². The first-order valence-corrected chi connectivity index (χ1v) is 7.32. The van der Waals surface area contributed by atoms with Crippen molar-refractivity contribution >= 4 is 28.5 Å². The summed E-state index contributed by atoms with van der Waals surface area (Å²) in [4.78, 5) is 15.7. The van der Waals surface area contributed by atoms with E-state index in [1.54, 1.807) is 12.3 Å². The third-order valence-electron chi connectivity index (χ3n) is 2.87. The van der Waals surface area contributed by atoms with Crippen LogP contribution >= 0.6 is 11.3 Å². The first-order valence-electron chi connectivity index (χ1n) is 6.44. The fourth-order valence-corrected chi connectivity index (χ4v) is 2.23. The molecule has 1 aromatic carbocycles. The van der Waals surface area contributed by atoms with E-state index in [4.69, 9.17) is 0 Å². The number of hydrogen-bond acceptors (Lipinski definition) is 3. The monoisotopic (exact) mass is 286 g/mol. The van der Waals surface area contributed by atoms with Gasteiger partial charge in [-0.2, -0.15) is 0 Å². The van der Waals surface area contributed by atoms with E-state index in [9.17, 15) is 4.79 Å². The van der Waals surface area contributed by atoms with Gasteiger partial charge in [-0.15, -0.1) is 11.3 Å². The van der Waals surface area contributed by atoms with Gasteiger partial charge in [-0.25, -0.2) is 4.98 Å². The van der Waals surface area contributed by atoms with E-state index in [2.05, 4.69) is 43.2 Å². The number of thiazole rings is 1. The fraction of sp³-hybridized carbons (Fsp3) is 0.250. The average molecular weight is 286 g/mol. The molecule has 1 N–H and O–H groups in total. The van der Waals surface area contributed by atoms with Crippen LogP contribution < -0.4 is 5.32 Å². The molecule has 0 fully saturated rings. The summed E-state index contributed by atoms with van der Waals surface area (Å²) in [5, 5.41) is 5.15. The predicted octanol–water partition coefficient (Wildman–Crippen LogP) is 4.09. The van der Waals surface area contributed by atoms with E-state index < -0.39 is 0 Å². The molecule has 20 heavy (non-hydrogen) atoms. The normalized spacial score (nSPS) is 11.8. The maximum atomic E-state index is 11.7. The van der Waals surface area contributed by atoms with Crippen molar-refractivity contribution in [1.29, 1.82) is 0 Å². The third-order valence-corrected chi connectivity index (χ3v) is 3.55. The molecule has 0 saturated heterocycles. The van der Waals surface area contributed by atoms with Crippen LogP contribution in [0.5, 0.6) is 0 Å². The molecule has 4 heteroatoms. The van der Waals surface area contributed by atoms with Crippen LogP contribution in [0, 0.1) is 0 Å². The lowest BCUT2D eigenvalue weighted by atomic mass is 9.87. The van der Waals surface area contributed by atoms with Crippen LogP contribution in [0.3, 0.4) is 0 Å². The summed E-state index contributed by atoms with van der Waals surface area (Å²) in [6.07, 6.45) is 4.98. The Morgan fingerprint density at radius 1 is 1.25 bits per heavy atom. The van der Waals surface area contributed by atoms with Crippen LogP contribution in [0.1, 0.15) is 31.9 Å². The molecule has 0 aliphatic carbocycles. The van der Waals surface area contributed by atoms with E-state index in [1.165, 1.54) is 23.0 Å². The van der Waals surface area contributed by atoms with Gasteiger partial charge in [0.15, 0.2) is 5.13 Å². The molecule has 0 radical (unpaired) electrons. The highest BCUT2D eigenvalue weighted by atomic mass is 32.1.